The zero-order valence-electron chi connectivity index (χ0n) is 10.8. The Labute approximate surface area is 108 Å². The molecule has 0 saturated carbocycles. The first kappa shape index (κ1) is 12.9. The summed E-state index contributed by atoms with van der Waals surface area (Å²) in [5, 5.41) is 8.96. The van der Waals surface area contributed by atoms with Crippen LogP contribution in [0.2, 0.25) is 0 Å². The van der Waals surface area contributed by atoms with Gasteiger partial charge in [0.2, 0.25) is 0 Å². The smallest absolute Gasteiger partial charge is 0.123 e. The second-order valence-electron chi connectivity index (χ2n) is 4.53. The highest BCUT2D eigenvalue weighted by atomic mass is 16.5. The standard InChI is InChI=1S/C14H18N2O2/c1-11-10-18-6-5-16(11)9-13-7-12(8-15)3-4-14(13)17-2/h3-4,7,11H,5-6,9-10H2,1-2H3. The summed E-state index contributed by atoms with van der Waals surface area (Å²) >= 11 is 0. The zero-order chi connectivity index (χ0) is 13.0. The largest absolute Gasteiger partial charge is 0.496 e. The van der Waals surface area contributed by atoms with Crippen molar-refractivity contribution in [3.8, 4) is 11.8 Å². The molecule has 4 heteroatoms. The highest BCUT2D eigenvalue weighted by Crippen LogP contribution is 2.23. The Morgan fingerprint density at radius 1 is 1.56 bits per heavy atom. The summed E-state index contributed by atoms with van der Waals surface area (Å²) in [6.45, 7) is 5.40. The van der Waals surface area contributed by atoms with E-state index in [1.165, 1.54) is 0 Å². The van der Waals surface area contributed by atoms with Crippen LogP contribution in [0.5, 0.6) is 5.75 Å². The predicted octanol–water partition coefficient (Wildman–Crippen LogP) is 1.79. The molecule has 1 heterocycles. The maximum Gasteiger partial charge on any atom is 0.123 e. The second-order valence-corrected chi connectivity index (χ2v) is 4.53. The Hall–Kier alpha value is -1.57. The highest BCUT2D eigenvalue weighted by Gasteiger charge is 2.20. The van der Waals surface area contributed by atoms with Gasteiger partial charge in [0.05, 0.1) is 32.0 Å². The van der Waals surface area contributed by atoms with Gasteiger partial charge < -0.3 is 9.47 Å². The molecule has 2 rings (SSSR count). The van der Waals surface area contributed by atoms with Gasteiger partial charge in [-0.25, -0.2) is 0 Å². The number of rotatable bonds is 3. The van der Waals surface area contributed by atoms with Gasteiger partial charge in [0.25, 0.3) is 0 Å². The highest BCUT2D eigenvalue weighted by molar-refractivity contribution is 5.42. The van der Waals surface area contributed by atoms with Crippen molar-refractivity contribution in [1.82, 2.24) is 4.90 Å². The van der Waals surface area contributed by atoms with E-state index in [4.69, 9.17) is 14.7 Å². The topological polar surface area (TPSA) is 45.5 Å². The molecule has 1 atom stereocenters. The fourth-order valence-electron chi connectivity index (χ4n) is 2.19. The van der Waals surface area contributed by atoms with Crippen molar-refractivity contribution in [3.05, 3.63) is 29.3 Å². The fraction of sp³-hybridized carbons (Fsp3) is 0.500. The molecule has 1 aromatic carbocycles. The average Bonchev–Trinajstić information content (AvgIpc) is 2.41. The minimum Gasteiger partial charge on any atom is -0.496 e. The molecule has 0 amide bonds. The summed E-state index contributed by atoms with van der Waals surface area (Å²) < 4.78 is 10.8. The van der Waals surface area contributed by atoms with E-state index in [2.05, 4.69) is 17.9 Å². The van der Waals surface area contributed by atoms with Crippen molar-refractivity contribution in [3.63, 3.8) is 0 Å². The Balaban J connectivity index is 2.18. The van der Waals surface area contributed by atoms with Gasteiger partial charge in [-0.05, 0) is 25.1 Å². The Kier molecular flexibility index (Phi) is 4.19. The number of hydrogen-bond donors (Lipinski definition) is 0. The van der Waals surface area contributed by atoms with E-state index in [9.17, 15) is 0 Å². The molecule has 96 valence electrons. The van der Waals surface area contributed by atoms with E-state index in [-0.39, 0.29) is 0 Å². The lowest BCUT2D eigenvalue weighted by atomic mass is 10.1. The Bertz CT molecular complexity index is 454. The summed E-state index contributed by atoms with van der Waals surface area (Å²) in [5.41, 5.74) is 1.73. The van der Waals surface area contributed by atoms with E-state index in [1.54, 1.807) is 13.2 Å². The Morgan fingerprint density at radius 3 is 3.06 bits per heavy atom. The summed E-state index contributed by atoms with van der Waals surface area (Å²) in [6.07, 6.45) is 0. The lowest BCUT2D eigenvalue weighted by Crippen LogP contribution is -2.42. The van der Waals surface area contributed by atoms with E-state index >= 15 is 0 Å². The van der Waals surface area contributed by atoms with E-state index < -0.39 is 0 Å². The van der Waals surface area contributed by atoms with Crippen LogP contribution in [-0.2, 0) is 11.3 Å². The molecule has 1 aliphatic rings. The van der Waals surface area contributed by atoms with Gasteiger partial charge in [-0.15, -0.1) is 0 Å². The van der Waals surface area contributed by atoms with Crippen LogP contribution in [0.3, 0.4) is 0 Å². The number of nitrogens with zero attached hydrogens (tertiary/aromatic N) is 2. The van der Waals surface area contributed by atoms with Crippen molar-refractivity contribution in [2.24, 2.45) is 0 Å². The molecular weight excluding hydrogens is 228 g/mol. The number of nitriles is 1. The number of morpholine rings is 1. The van der Waals surface area contributed by atoms with Gasteiger partial charge in [0, 0.05) is 24.7 Å². The summed E-state index contributed by atoms with van der Waals surface area (Å²) in [7, 11) is 1.66. The van der Waals surface area contributed by atoms with Gasteiger partial charge in [-0.3, -0.25) is 4.90 Å². The number of methoxy groups -OCH3 is 1. The lowest BCUT2D eigenvalue weighted by Gasteiger charge is -2.33. The molecule has 1 aromatic rings. The molecule has 1 aliphatic heterocycles. The molecule has 0 bridgehead atoms. The number of benzene rings is 1. The van der Waals surface area contributed by atoms with Crippen molar-refractivity contribution in [2.75, 3.05) is 26.9 Å². The molecule has 4 nitrogen and oxygen atoms in total. The molecule has 1 fully saturated rings. The third-order valence-corrected chi connectivity index (χ3v) is 3.29. The average molecular weight is 246 g/mol. The Morgan fingerprint density at radius 2 is 2.39 bits per heavy atom. The van der Waals surface area contributed by atoms with Crippen molar-refractivity contribution >= 4 is 0 Å². The maximum atomic E-state index is 8.96. The van der Waals surface area contributed by atoms with Crippen LogP contribution in [0.15, 0.2) is 18.2 Å². The second kappa shape index (κ2) is 5.85. The fourth-order valence-corrected chi connectivity index (χ4v) is 2.19. The zero-order valence-corrected chi connectivity index (χ0v) is 10.8. The maximum absolute atomic E-state index is 8.96. The SMILES string of the molecule is COc1ccc(C#N)cc1CN1CCOCC1C. The number of ether oxygens (including phenoxy) is 2. The lowest BCUT2D eigenvalue weighted by molar-refractivity contribution is -0.00464. The quantitative estimate of drug-likeness (QED) is 0.815. The van der Waals surface area contributed by atoms with Crippen molar-refractivity contribution < 1.29 is 9.47 Å². The summed E-state index contributed by atoms with van der Waals surface area (Å²) in [6, 6.07) is 8.11. The monoisotopic (exact) mass is 246 g/mol. The van der Waals surface area contributed by atoms with E-state index in [0.29, 0.717) is 11.6 Å². The molecule has 1 unspecified atom stereocenters. The first-order valence-corrected chi connectivity index (χ1v) is 6.13. The first-order valence-electron chi connectivity index (χ1n) is 6.13. The minimum atomic E-state index is 0.397. The van der Waals surface area contributed by atoms with Crippen LogP contribution in [0.4, 0.5) is 0 Å². The van der Waals surface area contributed by atoms with Gasteiger partial charge in [0.1, 0.15) is 5.75 Å². The molecule has 0 N–H and O–H groups in total. The van der Waals surface area contributed by atoms with Crippen LogP contribution in [0, 0.1) is 11.3 Å². The normalized spacial score (nSPS) is 20.4. The van der Waals surface area contributed by atoms with E-state index in [0.717, 1.165) is 37.6 Å². The molecular formula is C14H18N2O2. The third-order valence-electron chi connectivity index (χ3n) is 3.29. The van der Waals surface area contributed by atoms with Crippen LogP contribution >= 0.6 is 0 Å². The van der Waals surface area contributed by atoms with Crippen LogP contribution < -0.4 is 4.74 Å². The third kappa shape index (κ3) is 2.81. The van der Waals surface area contributed by atoms with Gasteiger partial charge in [0.15, 0.2) is 0 Å². The van der Waals surface area contributed by atoms with Crippen LogP contribution in [0.1, 0.15) is 18.1 Å². The summed E-state index contributed by atoms with van der Waals surface area (Å²) in [5.74, 6) is 0.840. The van der Waals surface area contributed by atoms with Gasteiger partial charge >= 0.3 is 0 Å². The molecule has 0 spiro atoms. The molecule has 0 aliphatic carbocycles. The molecule has 18 heavy (non-hydrogen) atoms. The van der Waals surface area contributed by atoms with Crippen LogP contribution in [-0.4, -0.2) is 37.8 Å². The van der Waals surface area contributed by atoms with Crippen LogP contribution in [0.25, 0.3) is 0 Å². The first-order chi connectivity index (χ1) is 8.74. The number of hydrogen-bond acceptors (Lipinski definition) is 4. The molecule has 0 radical (unpaired) electrons. The predicted molar refractivity (Wildman–Crippen MR) is 68.4 cm³/mol. The van der Waals surface area contributed by atoms with Gasteiger partial charge in [-0.1, -0.05) is 0 Å². The molecule has 1 saturated heterocycles. The van der Waals surface area contributed by atoms with Crippen molar-refractivity contribution in [2.45, 2.75) is 19.5 Å². The van der Waals surface area contributed by atoms with E-state index in [1.807, 2.05) is 12.1 Å². The summed E-state index contributed by atoms with van der Waals surface area (Å²) in [4.78, 5) is 2.35. The molecule has 0 aromatic heterocycles. The minimum absolute atomic E-state index is 0.397. The van der Waals surface area contributed by atoms with Crippen molar-refractivity contribution in [1.29, 1.82) is 5.26 Å². The van der Waals surface area contributed by atoms with Gasteiger partial charge in [-0.2, -0.15) is 5.26 Å².